The molecule has 0 aliphatic carbocycles. The van der Waals surface area contributed by atoms with E-state index in [1.165, 1.54) is 0 Å². The first kappa shape index (κ1) is 37.7. The van der Waals surface area contributed by atoms with Gasteiger partial charge in [0.25, 0.3) is 0 Å². The fourth-order valence-corrected chi connectivity index (χ4v) is 5.69. The third-order valence-corrected chi connectivity index (χ3v) is 8.33. The van der Waals surface area contributed by atoms with Gasteiger partial charge in [0.05, 0.1) is 6.04 Å². The number of H-pyrrole nitrogens is 2. The number of carbonyl (C=O) groups excluding carboxylic acids is 3. The summed E-state index contributed by atoms with van der Waals surface area (Å²) in [5.41, 5.74) is 30.8. The van der Waals surface area contributed by atoms with Crippen molar-refractivity contribution in [2.45, 2.75) is 62.7 Å². The maximum absolute atomic E-state index is 14.1. The first-order chi connectivity index (χ1) is 24.4. The first-order valence-corrected chi connectivity index (χ1v) is 16.5. The number of aliphatic imine (C=N–C) groups is 2. The number of aromatic nitrogens is 2. The number of nitrogens with zero attached hydrogens (tertiary/aromatic N) is 2. The van der Waals surface area contributed by atoms with Gasteiger partial charge in [-0.15, -0.1) is 0 Å². The molecular formula is C34H46N12O5. The van der Waals surface area contributed by atoms with E-state index in [-0.39, 0.29) is 57.1 Å². The van der Waals surface area contributed by atoms with Gasteiger partial charge in [0.2, 0.25) is 17.7 Å². The van der Waals surface area contributed by atoms with Crippen molar-refractivity contribution in [1.29, 1.82) is 0 Å². The number of nitrogens with two attached hydrogens (primary N) is 5. The minimum Gasteiger partial charge on any atom is -0.480 e. The number of aliphatic carboxylic acids is 1. The lowest BCUT2D eigenvalue weighted by Gasteiger charge is -2.25. The van der Waals surface area contributed by atoms with Crippen LogP contribution < -0.4 is 44.6 Å². The number of carboxylic acids is 1. The molecule has 17 heteroatoms. The van der Waals surface area contributed by atoms with Gasteiger partial charge in [-0.2, -0.15) is 0 Å². The first-order valence-electron chi connectivity index (χ1n) is 16.5. The van der Waals surface area contributed by atoms with Crippen LogP contribution in [0.4, 0.5) is 0 Å². The third kappa shape index (κ3) is 10.9. The molecule has 0 aliphatic heterocycles. The maximum atomic E-state index is 14.1. The van der Waals surface area contributed by atoms with Crippen LogP contribution in [-0.2, 0) is 32.0 Å². The van der Waals surface area contributed by atoms with E-state index < -0.39 is 47.9 Å². The van der Waals surface area contributed by atoms with E-state index in [9.17, 15) is 24.3 Å². The Hall–Kier alpha value is -6.10. The van der Waals surface area contributed by atoms with Crippen molar-refractivity contribution in [1.82, 2.24) is 25.9 Å². The van der Waals surface area contributed by atoms with Crippen LogP contribution in [0.25, 0.3) is 21.8 Å². The predicted octanol–water partition coefficient (Wildman–Crippen LogP) is -0.592. The van der Waals surface area contributed by atoms with Gasteiger partial charge in [0.1, 0.15) is 18.1 Å². The number of hydrogen-bond acceptors (Lipinski definition) is 7. The SMILES string of the molecule is NC(N)=NCCC[C@H](NC(=O)[C@H](Cc1c[nH]c2ccccc12)NC(=O)[C@H](Cc1c[nH]c2ccccc12)NC(=O)[C@@H](N)CCCN=C(N)N)C(=O)O. The number of hydrogen-bond donors (Lipinski definition) is 11. The molecule has 2 heterocycles. The maximum Gasteiger partial charge on any atom is 0.326 e. The minimum atomic E-state index is -1.28. The summed E-state index contributed by atoms with van der Waals surface area (Å²) < 4.78 is 0. The van der Waals surface area contributed by atoms with E-state index in [0.717, 1.165) is 27.4 Å². The van der Waals surface area contributed by atoms with Crippen molar-refractivity contribution >= 4 is 57.4 Å². The fraction of sp³-hybridized carbons (Fsp3) is 0.353. The predicted molar refractivity (Wildman–Crippen MR) is 195 cm³/mol. The molecule has 0 radical (unpaired) electrons. The van der Waals surface area contributed by atoms with Crippen molar-refractivity contribution in [2.24, 2.45) is 38.7 Å². The Labute approximate surface area is 293 Å². The van der Waals surface area contributed by atoms with Gasteiger partial charge in [-0.05, 0) is 48.9 Å². The van der Waals surface area contributed by atoms with Gasteiger partial charge >= 0.3 is 5.97 Å². The highest BCUT2D eigenvalue weighted by molar-refractivity contribution is 5.95. The number of nitrogens with one attached hydrogen (secondary N) is 5. The molecule has 0 fully saturated rings. The lowest BCUT2D eigenvalue weighted by Crippen LogP contribution is -2.58. The highest BCUT2D eigenvalue weighted by Gasteiger charge is 2.31. The molecule has 0 saturated carbocycles. The van der Waals surface area contributed by atoms with E-state index in [4.69, 9.17) is 28.7 Å². The largest absolute Gasteiger partial charge is 0.480 e. The zero-order chi connectivity index (χ0) is 36.9. The normalized spacial score (nSPS) is 13.4. The Morgan fingerprint density at radius 3 is 1.55 bits per heavy atom. The zero-order valence-corrected chi connectivity index (χ0v) is 28.1. The molecule has 0 bridgehead atoms. The lowest BCUT2D eigenvalue weighted by molar-refractivity contribution is -0.142. The number of amides is 3. The van der Waals surface area contributed by atoms with Crippen LogP contribution in [0.3, 0.4) is 0 Å². The molecule has 0 spiro atoms. The molecule has 4 rings (SSSR count). The summed E-state index contributed by atoms with van der Waals surface area (Å²) in [6.07, 6.45) is 4.54. The number of carbonyl (C=O) groups is 4. The summed E-state index contributed by atoms with van der Waals surface area (Å²) in [5.74, 6) is -3.44. The molecular weight excluding hydrogens is 656 g/mol. The van der Waals surface area contributed by atoms with E-state index in [2.05, 4.69) is 35.9 Å². The summed E-state index contributed by atoms with van der Waals surface area (Å²) in [4.78, 5) is 67.5. The number of carboxylic acid groups (broad SMARTS) is 1. The van der Waals surface area contributed by atoms with Crippen LogP contribution in [0.2, 0.25) is 0 Å². The summed E-state index contributed by atoms with van der Waals surface area (Å²) in [5, 5.41) is 19.7. The van der Waals surface area contributed by atoms with Gasteiger partial charge in [-0.1, -0.05) is 36.4 Å². The second-order valence-corrected chi connectivity index (χ2v) is 12.2. The molecule has 0 saturated heterocycles. The molecule has 4 atom stereocenters. The highest BCUT2D eigenvalue weighted by atomic mass is 16.4. The second-order valence-electron chi connectivity index (χ2n) is 12.2. The number of rotatable bonds is 19. The average molecular weight is 703 g/mol. The Balaban J connectivity index is 1.59. The van der Waals surface area contributed by atoms with Crippen molar-refractivity contribution in [3.8, 4) is 0 Å². The summed E-state index contributed by atoms with van der Waals surface area (Å²) in [6, 6.07) is 10.3. The van der Waals surface area contributed by atoms with Crippen LogP contribution in [-0.4, -0.2) is 87.9 Å². The summed E-state index contributed by atoms with van der Waals surface area (Å²) in [7, 11) is 0. The molecule has 3 amide bonds. The molecule has 0 unspecified atom stereocenters. The Kier molecular flexibility index (Phi) is 13.3. The van der Waals surface area contributed by atoms with E-state index in [1.54, 1.807) is 12.4 Å². The fourth-order valence-electron chi connectivity index (χ4n) is 5.69. The Morgan fingerprint density at radius 2 is 1.08 bits per heavy atom. The monoisotopic (exact) mass is 702 g/mol. The number of para-hydroxylation sites is 2. The van der Waals surface area contributed by atoms with Crippen molar-refractivity contribution in [3.63, 3.8) is 0 Å². The third-order valence-electron chi connectivity index (χ3n) is 8.33. The van der Waals surface area contributed by atoms with E-state index in [1.807, 2.05) is 48.5 Å². The van der Waals surface area contributed by atoms with Crippen LogP contribution in [0.5, 0.6) is 0 Å². The highest BCUT2D eigenvalue weighted by Crippen LogP contribution is 2.21. The lowest BCUT2D eigenvalue weighted by atomic mass is 10.0. The summed E-state index contributed by atoms with van der Waals surface area (Å²) >= 11 is 0. The number of aromatic amines is 2. The zero-order valence-electron chi connectivity index (χ0n) is 28.1. The Bertz CT molecular complexity index is 1880. The smallest absolute Gasteiger partial charge is 0.326 e. The van der Waals surface area contributed by atoms with Gasteiger partial charge in [-0.25, -0.2) is 4.79 Å². The van der Waals surface area contributed by atoms with Gasteiger partial charge in [0, 0.05) is 60.1 Å². The van der Waals surface area contributed by atoms with Crippen LogP contribution >= 0.6 is 0 Å². The molecule has 2 aromatic heterocycles. The topological polar surface area (TPSA) is 311 Å². The Morgan fingerprint density at radius 1 is 0.647 bits per heavy atom. The molecule has 51 heavy (non-hydrogen) atoms. The summed E-state index contributed by atoms with van der Waals surface area (Å²) in [6.45, 7) is 0.446. The standard InChI is InChI=1S/C34H46N12O5/c35-23(9-5-13-40-33(36)37)29(47)45-27(15-19-17-42-24-10-3-1-7-21(19)24)31(49)46-28(16-20-18-43-25-11-4-2-8-22(20)25)30(48)44-26(32(50)51)12-6-14-41-34(38)39/h1-4,7-8,10-11,17-18,23,26-28,42-43H,5-6,9,12-16,35H2,(H,44,48)(H,45,47)(H,46,49)(H,50,51)(H4,36,37,40)(H4,38,39,41)/t23-,26-,27-,28-/m0/s1. The van der Waals surface area contributed by atoms with Gasteiger partial charge < -0.3 is 59.7 Å². The molecule has 17 nitrogen and oxygen atoms in total. The number of fused-ring (bicyclic) bond motifs is 2. The second kappa shape index (κ2) is 18.1. The van der Waals surface area contributed by atoms with Crippen molar-refractivity contribution in [2.75, 3.05) is 13.1 Å². The van der Waals surface area contributed by atoms with Crippen LogP contribution in [0.1, 0.15) is 36.8 Å². The van der Waals surface area contributed by atoms with Gasteiger partial charge in [-0.3, -0.25) is 24.4 Å². The van der Waals surface area contributed by atoms with Crippen LogP contribution in [0.15, 0.2) is 70.9 Å². The molecule has 4 aromatic rings. The van der Waals surface area contributed by atoms with Crippen molar-refractivity contribution in [3.05, 3.63) is 72.1 Å². The molecule has 16 N–H and O–H groups in total. The van der Waals surface area contributed by atoms with Crippen molar-refractivity contribution < 1.29 is 24.3 Å². The van der Waals surface area contributed by atoms with Crippen LogP contribution in [0, 0.1) is 0 Å². The molecule has 2 aromatic carbocycles. The number of guanidine groups is 2. The van der Waals surface area contributed by atoms with E-state index >= 15 is 0 Å². The number of benzene rings is 2. The molecule has 0 aliphatic rings. The molecule has 272 valence electrons. The van der Waals surface area contributed by atoms with Gasteiger partial charge in [0.15, 0.2) is 11.9 Å². The quantitative estimate of drug-likeness (QED) is 0.0335. The minimum absolute atomic E-state index is 0.0139. The van der Waals surface area contributed by atoms with E-state index in [0.29, 0.717) is 12.0 Å². The average Bonchev–Trinajstić information content (AvgIpc) is 3.70.